The predicted octanol–water partition coefficient (Wildman–Crippen LogP) is 2.74. The smallest absolute Gasteiger partial charge is 0.332 e. The molecule has 1 atom stereocenters. The highest BCUT2D eigenvalue weighted by atomic mass is 16.5. The molecule has 2 aromatic carbocycles. The summed E-state index contributed by atoms with van der Waals surface area (Å²) in [6.07, 6.45) is 0. The fourth-order valence-electron chi connectivity index (χ4n) is 4.39. The molecule has 0 spiro atoms. The van der Waals surface area contributed by atoms with Crippen molar-refractivity contribution >= 4 is 22.8 Å². The van der Waals surface area contributed by atoms with Gasteiger partial charge in [-0.25, -0.2) is 4.79 Å². The Labute approximate surface area is 184 Å². The Morgan fingerprint density at radius 1 is 1.03 bits per heavy atom. The van der Waals surface area contributed by atoms with Gasteiger partial charge in [-0.05, 0) is 35.7 Å². The number of rotatable bonds is 4. The molecular formula is C24H25N5O3. The normalized spacial score (nSPS) is 15.7. The lowest BCUT2D eigenvalue weighted by Crippen LogP contribution is -2.40. The van der Waals surface area contributed by atoms with Crippen LogP contribution >= 0.6 is 0 Å². The number of aryl methyl sites for hydroxylation is 1. The molecule has 0 aliphatic carbocycles. The largest absolute Gasteiger partial charge is 0.497 e. The lowest BCUT2D eigenvalue weighted by molar-refractivity contribution is 0.414. The van der Waals surface area contributed by atoms with Gasteiger partial charge < -0.3 is 14.2 Å². The molecule has 0 radical (unpaired) electrons. The van der Waals surface area contributed by atoms with E-state index < -0.39 is 0 Å². The second-order valence-electron chi connectivity index (χ2n) is 8.33. The second-order valence-corrected chi connectivity index (χ2v) is 8.33. The molecule has 3 heterocycles. The first-order valence-corrected chi connectivity index (χ1v) is 10.6. The van der Waals surface area contributed by atoms with Crippen LogP contribution in [-0.4, -0.2) is 32.3 Å². The first-order valence-electron chi connectivity index (χ1n) is 10.6. The molecule has 0 bridgehead atoms. The number of hydrogen-bond acceptors (Lipinski definition) is 5. The number of ether oxygens (including phenoxy) is 1. The third-order valence-electron chi connectivity index (χ3n) is 6.01. The van der Waals surface area contributed by atoms with Crippen molar-refractivity contribution in [2.45, 2.75) is 20.0 Å². The summed E-state index contributed by atoms with van der Waals surface area (Å²) in [6.45, 7) is 3.80. The van der Waals surface area contributed by atoms with Crippen LogP contribution in [0.3, 0.4) is 0 Å². The summed E-state index contributed by atoms with van der Waals surface area (Å²) >= 11 is 0. The zero-order valence-electron chi connectivity index (χ0n) is 18.4. The van der Waals surface area contributed by atoms with Crippen molar-refractivity contribution < 1.29 is 4.74 Å². The Morgan fingerprint density at radius 3 is 2.44 bits per heavy atom. The molecule has 32 heavy (non-hydrogen) atoms. The zero-order valence-corrected chi connectivity index (χ0v) is 18.4. The summed E-state index contributed by atoms with van der Waals surface area (Å²) in [6, 6.07) is 17.3. The maximum Gasteiger partial charge on any atom is 0.332 e. The molecule has 0 fully saturated rings. The summed E-state index contributed by atoms with van der Waals surface area (Å²) in [4.78, 5) is 33.4. The SMILES string of the molecule is COc1ccc(N2C[C@@H](C)Cn3c2nc2c3c(=O)n(Cc3ccccc3)c(=O)n2C)cc1. The van der Waals surface area contributed by atoms with Gasteiger partial charge in [-0.2, -0.15) is 4.98 Å². The topological polar surface area (TPSA) is 74.3 Å². The Morgan fingerprint density at radius 2 is 1.75 bits per heavy atom. The van der Waals surface area contributed by atoms with Gasteiger partial charge in [0.05, 0.1) is 13.7 Å². The second kappa shape index (κ2) is 7.71. The molecule has 5 rings (SSSR count). The number of methoxy groups -OCH3 is 1. The van der Waals surface area contributed by atoms with E-state index in [0.29, 0.717) is 29.6 Å². The lowest BCUT2D eigenvalue weighted by Gasteiger charge is -2.33. The molecule has 0 saturated carbocycles. The van der Waals surface area contributed by atoms with E-state index in [-0.39, 0.29) is 17.8 Å². The molecule has 8 nitrogen and oxygen atoms in total. The van der Waals surface area contributed by atoms with E-state index in [1.165, 1.54) is 9.13 Å². The summed E-state index contributed by atoms with van der Waals surface area (Å²) in [5.74, 6) is 1.74. The van der Waals surface area contributed by atoms with E-state index in [1.807, 2.05) is 59.2 Å². The highest BCUT2D eigenvalue weighted by Crippen LogP contribution is 2.33. The van der Waals surface area contributed by atoms with E-state index in [9.17, 15) is 9.59 Å². The van der Waals surface area contributed by atoms with Crippen LogP contribution in [-0.2, 0) is 20.1 Å². The van der Waals surface area contributed by atoms with Gasteiger partial charge in [0.1, 0.15) is 5.75 Å². The van der Waals surface area contributed by atoms with Crippen molar-refractivity contribution in [3.05, 3.63) is 81.0 Å². The molecule has 4 aromatic rings. The van der Waals surface area contributed by atoms with E-state index in [2.05, 4.69) is 11.8 Å². The number of fused-ring (bicyclic) bond motifs is 3. The van der Waals surface area contributed by atoms with Gasteiger partial charge in [0.25, 0.3) is 5.56 Å². The molecule has 2 aromatic heterocycles. The number of aromatic nitrogens is 4. The van der Waals surface area contributed by atoms with Crippen molar-refractivity contribution in [2.24, 2.45) is 13.0 Å². The Kier molecular flexibility index (Phi) is 4.84. The summed E-state index contributed by atoms with van der Waals surface area (Å²) < 4.78 is 10.0. The monoisotopic (exact) mass is 431 g/mol. The van der Waals surface area contributed by atoms with Crippen LogP contribution in [0.15, 0.2) is 64.2 Å². The molecule has 0 amide bonds. The van der Waals surface area contributed by atoms with Gasteiger partial charge in [-0.1, -0.05) is 37.3 Å². The van der Waals surface area contributed by atoms with Crippen molar-refractivity contribution in [2.75, 3.05) is 18.6 Å². The number of anilines is 2. The number of imidazole rings is 1. The van der Waals surface area contributed by atoms with Gasteiger partial charge in [0.2, 0.25) is 5.95 Å². The summed E-state index contributed by atoms with van der Waals surface area (Å²) in [7, 11) is 3.31. The number of benzene rings is 2. The maximum atomic E-state index is 13.5. The molecule has 0 N–H and O–H groups in total. The van der Waals surface area contributed by atoms with E-state index in [0.717, 1.165) is 23.5 Å². The minimum atomic E-state index is -0.370. The quantitative estimate of drug-likeness (QED) is 0.497. The Hall–Kier alpha value is -3.81. The van der Waals surface area contributed by atoms with Crippen LogP contribution in [0.4, 0.5) is 11.6 Å². The van der Waals surface area contributed by atoms with Gasteiger partial charge in [0.15, 0.2) is 11.2 Å². The zero-order chi connectivity index (χ0) is 22.4. The minimum absolute atomic E-state index is 0.223. The van der Waals surface area contributed by atoms with Crippen LogP contribution in [0, 0.1) is 5.92 Å². The van der Waals surface area contributed by atoms with Crippen LogP contribution in [0.5, 0.6) is 5.75 Å². The van der Waals surface area contributed by atoms with Crippen molar-refractivity contribution in [1.82, 2.24) is 18.7 Å². The molecule has 1 aliphatic rings. The first-order chi connectivity index (χ1) is 15.5. The summed E-state index contributed by atoms with van der Waals surface area (Å²) in [5.41, 5.74) is 2.05. The molecule has 8 heteroatoms. The van der Waals surface area contributed by atoms with E-state index in [4.69, 9.17) is 9.72 Å². The lowest BCUT2D eigenvalue weighted by atomic mass is 10.1. The standard InChI is InChI=1S/C24H25N5O3/c1-16-13-27(18-9-11-19(32-3)12-10-18)23-25-21-20(28(23)14-16)22(30)29(24(31)26(21)2)15-17-7-5-4-6-8-17/h4-12,16H,13-15H2,1-3H3/t16-/m1/s1. The van der Waals surface area contributed by atoms with E-state index >= 15 is 0 Å². The fourth-order valence-corrected chi connectivity index (χ4v) is 4.39. The molecule has 1 aliphatic heterocycles. The van der Waals surface area contributed by atoms with Gasteiger partial charge in [-0.15, -0.1) is 0 Å². The fraction of sp³-hybridized carbons (Fsp3) is 0.292. The maximum absolute atomic E-state index is 13.5. The highest BCUT2D eigenvalue weighted by Gasteiger charge is 2.29. The van der Waals surface area contributed by atoms with Crippen molar-refractivity contribution in [3.63, 3.8) is 0 Å². The molecule has 0 unspecified atom stereocenters. The third-order valence-corrected chi connectivity index (χ3v) is 6.01. The predicted molar refractivity (Wildman–Crippen MR) is 124 cm³/mol. The molecule has 164 valence electrons. The van der Waals surface area contributed by atoms with Gasteiger partial charge in [0, 0.05) is 25.8 Å². The minimum Gasteiger partial charge on any atom is -0.497 e. The van der Waals surface area contributed by atoms with Crippen LogP contribution in [0.1, 0.15) is 12.5 Å². The highest BCUT2D eigenvalue weighted by molar-refractivity contribution is 5.77. The molecular weight excluding hydrogens is 406 g/mol. The Balaban J connectivity index is 1.70. The number of nitrogens with zero attached hydrogens (tertiary/aromatic N) is 5. The van der Waals surface area contributed by atoms with Crippen LogP contribution < -0.4 is 20.9 Å². The van der Waals surface area contributed by atoms with Gasteiger partial charge >= 0.3 is 5.69 Å². The van der Waals surface area contributed by atoms with Crippen LogP contribution in [0.2, 0.25) is 0 Å². The van der Waals surface area contributed by atoms with Crippen molar-refractivity contribution in [1.29, 1.82) is 0 Å². The average molecular weight is 431 g/mol. The average Bonchev–Trinajstić information content (AvgIpc) is 3.20. The van der Waals surface area contributed by atoms with Crippen LogP contribution in [0.25, 0.3) is 11.2 Å². The molecule has 0 saturated heterocycles. The third kappa shape index (κ3) is 3.19. The van der Waals surface area contributed by atoms with Gasteiger partial charge in [-0.3, -0.25) is 13.9 Å². The number of hydrogen-bond donors (Lipinski definition) is 0. The first kappa shape index (κ1) is 20.1. The van der Waals surface area contributed by atoms with E-state index in [1.54, 1.807) is 14.2 Å². The van der Waals surface area contributed by atoms with Crippen molar-refractivity contribution in [3.8, 4) is 5.75 Å². The Bertz CT molecular complexity index is 1400. The summed E-state index contributed by atoms with van der Waals surface area (Å²) in [5, 5.41) is 0.